The van der Waals surface area contributed by atoms with Gasteiger partial charge in [0, 0.05) is 22.5 Å². The lowest BCUT2D eigenvalue weighted by molar-refractivity contribution is -0.501. The molecule has 4 rings (SSSR count). The summed E-state index contributed by atoms with van der Waals surface area (Å²) in [5, 5.41) is 33.7. The highest BCUT2D eigenvalue weighted by atomic mass is 16.4. The molecule has 1 atom stereocenters. The van der Waals surface area contributed by atoms with E-state index in [2.05, 4.69) is 32.1 Å². The molecule has 0 saturated heterocycles. The monoisotopic (exact) mass is 598 g/mol. The largest absolute Gasteiger partial charge is 0.479 e. The highest BCUT2D eigenvalue weighted by Crippen LogP contribution is 2.29. The third-order valence-corrected chi connectivity index (χ3v) is 7.05. The van der Waals surface area contributed by atoms with E-state index < -0.39 is 24.5 Å². The zero-order valence-electron chi connectivity index (χ0n) is 24.4. The Morgan fingerprint density at radius 1 is 1.02 bits per heavy atom. The predicted octanol–water partition coefficient (Wildman–Crippen LogP) is 2.84. The smallest absolute Gasteiger partial charge is 0.334 e. The minimum absolute atomic E-state index is 0.182. The number of amides is 3. The summed E-state index contributed by atoms with van der Waals surface area (Å²) in [6, 6.07) is 21.0. The number of hydrogen-bond donors (Lipinski definition) is 6. The van der Waals surface area contributed by atoms with Gasteiger partial charge in [-0.2, -0.15) is 5.11 Å². The Hall–Kier alpha value is -5.36. The predicted molar refractivity (Wildman–Crippen MR) is 167 cm³/mol. The third kappa shape index (κ3) is 8.58. The van der Waals surface area contributed by atoms with Gasteiger partial charge in [0.05, 0.1) is 25.2 Å². The van der Waals surface area contributed by atoms with Crippen LogP contribution in [0.2, 0.25) is 0 Å². The Morgan fingerprint density at radius 2 is 1.77 bits per heavy atom. The van der Waals surface area contributed by atoms with E-state index in [9.17, 15) is 19.5 Å². The molecule has 7 N–H and O–H groups in total. The number of carbonyl (C=O) groups is 3. The highest BCUT2D eigenvalue weighted by Gasteiger charge is 2.19. The first-order chi connectivity index (χ1) is 21.2. The maximum absolute atomic E-state index is 13.7. The minimum atomic E-state index is -1.70. The summed E-state index contributed by atoms with van der Waals surface area (Å²) in [7, 11) is 1.61. The molecule has 44 heavy (non-hydrogen) atoms. The van der Waals surface area contributed by atoms with Gasteiger partial charge in [-0.15, -0.1) is 0 Å². The number of nitrogens with zero attached hydrogens (tertiary/aromatic N) is 3. The molecule has 0 heterocycles. The van der Waals surface area contributed by atoms with Gasteiger partial charge in [-0.25, -0.2) is 9.59 Å². The maximum atomic E-state index is 13.7. The molecule has 12 heteroatoms. The number of hydrogen-bond acceptors (Lipinski definition) is 5. The molecular formula is C32H36N7O5+. The van der Waals surface area contributed by atoms with E-state index in [1.54, 1.807) is 60.5 Å². The van der Waals surface area contributed by atoms with Gasteiger partial charge in [0.1, 0.15) is 5.22 Å². The standard InChI is InChI=1S/C32H35N7O5/c1-34-38-37-29(33)25-8-5-9-26(18-25)36-32(44)39(27-16-14-23(15-17-27)22-6-3-2-4-7-22)20-21-10-12-24(13-11-21)30(41)35-19-28(40)31(42)43/h5-6,8-18,28,40H,2-4,7,19-20H2,1H3,(H,35,41)(H,36,44)(H,42,43)(H2,33,34,37)/p+1/t28-/m1/s1. The average molecular weight is 599 g/mol. The molecule has 3 aromatic rings. The van der Waals surface area contributed by atoms with Crippen LogP contribution in [0.15, 0.2) is 89.2 Å². The summed E-state index contributed by atoms with van der Waals surface area (Å²) >= 11 is 0. The van der Waals surface area contributed by atoms with Gasteiger partial charge >= 0.3 is 12.0 Å². The van der Waals surface area contributed by atoms with Crippen molar-refractivity contribution >= 4 is 40.7 Å². The van der Waals surface area contributed by atoms with Crippen molar-refractivity contribution < 1.29 is 29.7 Å². The first kappa shape index (κ1) is 31.6. The fraction of sp³-hybridized carbons (Fsp3) is 0.250. The van der Waals surface area contributed by atoms with Crippen LogP contribution < -0.4 is 26.4 Å². The van der Waals surface area contributed by atoms with Gasteiger partial charge in [0.15, 0.2) is 6.10 Å². The summed E-state index contributed by atoms with van der Waals surface area (Å²) < 4.78 is 0. The number of nitrogens with two attached hydrogens (primary N) is 1. The van der Waals surface area contributed by atoms with Crippen molar-refractivity contribution in [2.45, 2.75) is 38.3 Å². The molecule has 3 amide bonds. The van der Waals surface area contributed by atoms with Crippen LogP contribution in [0.3, 0.4) is 0 Å². The molecule has 228 valence electrons. The maximum Gasteiger partial charge on any atom is 0.334 e. The second-order valence-electron chi connectivity index (χ2n) is 10.2. The molecule has 0 radical (unpaired) electrons. The molecule has 0 aliphatic heterocycles. The number of nitrogens with one attached hydrogen (secondary N) is 3. The van der Waals surface area contributed by atoms with E-state index in [0.29, 0.717) is 16.9 Å². The van der Waals surface area contributed by atoms with Crippen LogP contribution in [0, 0.1) is 0 Å². The van der Waals surface area contributed by atoms with Crippen LogP contribution in [-0.2, 0) is 11.3 Å². The number of amidine groups is 1. The number of benzene rings is 3. The summed E-state index contributed by atoms with van der Waals surface area (Å²) in [6.45, 7) is -0.225. The van der Waals surface area contributed by atoms with Crippen LogP contribution >= 0.6 is 0 Å². The first-order valence-electron chi connectivity index (χ1n) is 14.2. The fourth-order valence-corrected chi connectivity index (χ4v) is 4.67. The van der Waals surface area contributed by atoms with Crippen molar-refractivity contribution in [3.8, 4) is 0 Å². The average Bonchev–Trinajstić information content (AvgIpc) is 3.05. The summed E-state index contributed by atoms with van der Waals surface area (Å²) in [4.78, 5) is 38.5. The molecule has 3 aromatic carbocycles. The lowest BCUT2D eigenvalue weighted by Crippen LogP contribution is -2.58. The molecule has 0 saturated carbocycles. The zero-order valence-corrected chi connectivity index (χ0v) is 24.4. The third-order valence-electron chi connectivity index (χ3n) is 7.05. The van der Waals surface area contributed by atoms with Crippen molar-refractivity contribution in [1.29, 1.82) is 0 Å². The van der Waals surface area contributed by atoms with Crippen LogP contribution in [0.4, 0.5) is 16.2 Å². The van der Waals surface area contributed by atoms with Crippen LogP contribution in [0.1, 0.15) is 52.7 Å². The molecule has 1 aliphatic rings. The Morgan fingerprint density at radius 3 is 2.43 bits per heavy atom. The Bertz CT molecular complexity index is 1570. The lowest BCUT2D eigenvalue weighted by Gasteiger charge is -2.24. The summed E-state index contributed by atoms with van der Waals surface area (Å²) in [6.07, 6.45) is 5.03. The van der Waals surface area contributed by atoms with E-state index in [-0.39, 0.29) is 24.0 Å². The number of carboxylic acids is 1. The molecule has 0 spiro atoms. The quantitative estimate of drug-likeness (QED) is 0.0853. The van der Waals surface area contributed by atoms with Crippen LogP contribution in [0.25, 0.3) is 5.57 Å². The van der Waals surface area contributed by atoms with Crippen LogP contribution in [-0.4, -0.2) is 53.7 Å². The second-order valence-corrected chi connectivity index (χ2v) is 10.2. The van der Waals surface area contributed by atoms with E-state index in [1.165, 1.54) is 12.0 Å². The van der Waals surface area contributed by atoms with Crippen molar-refractivity contribution in [2.24, 2.45) is 16.1 Å². The number of allylic oxidation sites excluding steroid dienone is 2. The number of aliphatic hydroxyl groups excluding tert-OH is 1. The minimum Gasteiger partial charge on any atom is -0.479 e. The Kier molecular flexibility index (Phi) is 10.9. The number of aliphatic carboxylic acids is 1. The van der Waals surface area contributed by atoms with Gasteiger partial charge in [0.25, 0.3) is 11.7 Å². The number of urea groups is 1. The molecular weight excluding hydrogens is 562 g/mol. The van der Waals surface area contributed by atoms with Gasteiger partial charge < -0.3 is 26.6 Å². The van der Waals surface area contributed by atoms with Crippen molar-refractivity contribution in [1.82, 2.24) is 5.32 Å². The number of carboxylic acid groups (broad SMARTS) is 1. The van der Waals surface area contributed by atoms with Crippen LogP contribution in [0.5, 0.6) is 0 Å². The second kappa shape index (κ2) is 15.2. The number of carbonyl (C=O) groups excluding carboxylic acids is 2. The fourth-order valence-electron chi connectivity index (χ4n) is 4.67. The van der Waals surface area contributed by atoms with Crippen molar-refractivity contribution in [2.75, 3.05) is 23.8 Å². The number of rotatable bonds is 11. The highest BCUT2D eigenvalue weighted by molar-refractivity contribution is 6.03. The van der Waals surface area contributed by atoms with Gasteiger partial charge in [0.2, 0.25) is 0 Å². The van der Waals surface area contributed by atoms with E-state index in [4.69, 9.17) is 10.8 Å². The van der Waals surface area contributed by atoms with E-state index in [1.807, 2.05) is 24.3 Å². The zero-order chi connectivity index (χ0) is 31.5. The Balaban J connectivity index is 1.56. The Labute approximate surface area is 255 Å². The first-order valence-corrected chi connectivity index (χ1v) is 14.2. The number of anilines is 2. The summed E-state index contributed by atoms with van der Waals surface area (Å²) in [5.74, 6) is -1.76. The summed E-state index contributed by atoms with van der Waals surface area (Å²) in [5.41, 5.74) is 11.3. The van der Waals surface area contributed by atoms with Crippen molar-refractivity contribution in [3.05, 3.63) is 101 Å². The molecule has 0 aromatic heterocycles. The van der Waals surface area contributed by atoms with Gasteiger partial charge in [-0.1, -0.05) is 36.4 Å². The van der Waals surface area contributed by atoms with Gasteiger partial charge in [-0.05, 0) is 84.8 Å². The molecule has 12 nitrogen and oxygen atoms in total. The van der Waals surface area contributed by atoms with Gasteiger partial charge in [-0.3, -0.25) is 9.69 Å². The molecule has 0 fully saturated rings. The lowest BCUT2D eigenvalue weighted by atomic mass is 9.93. The SMILES string of the molecule is C[NH+]=N/N=C(\N)c1cccc(NC(=O)N(Cc2ccc(C(=O)NC[C@@H](O)C(=O)O)cc2)c2ccc(C3=CCCCC3)cc2)c1. The molecule has 0 unspecified atom stereocenters. The molecule has 0 bridgehead atoms. The van der Waals surface area contributed by atoms with Crippen molar-refractivity contribution in [3.63, 3.8) is 0 Å². The topological polar surface area (TPSA) is 184 Å². The van der Waals surface area contributed by atoms with E-state index in [0.717, 1.165) is 30.4 Å². The number of aliphatic hydroxyl groups is 1. The normalized spacial score (nSPS) is 14.0. The molecule has 1 aliphatic carbocycles. The van der Waals surface area contributed by atoms with E-state index >= 15 is 0 Å².